The highest BCUT2D eigenvalue weighted by atomic mass is 19.1. The molecule has 6 rings (SSSR count). The summed E-state index contributed by atoms with van der Waals surface area (Å²) in [4.78, 5) is 29.6. The number of ketones is 1. The number of amides is 1. The third-order valence-corrected chi connectivity index (χ3v) is 7.40. The molecule has 7 heteroatoms. The zero-order chi connectivity index (χ0) is 22.5. The fraction of sp³-hybridized carbons (Fsp3) is 0.423. The summed E-state index contributed by atoms with van der Waals surface area (Å²) in [5.41, 5.74) is 5.50. The summed E-state index contributed by atoms with van der Waals surface area (Å²) in [6.45, 7) is 2.81. The number of nitrogens with zero attached hydrogens (tertiary/aromatic N) is 3. The van der Waals surface area contributed by atoms with Crippen LogP contribution in [-0.2, 0) is 17.6 Å². The molecule has 0 spiro atoms. The number of rotatable bonds is 4. The van der Waals surface area contributed by atoms with Crippen molar-refractivity contribution in [2.24, 2.45) is 0 Å². The number of fused-ring (bicyclic) bond motifs is 1. The van der Waals surface area contributed by atoms with Gasteiger partial charge in [0.1, 0.15) is 5.82 Å². The first-order valence-corrected chi connectivity index (χ1v) is 11.8. The predicted octanol–water partition coefficient (Wildman–Crippen LogP) is 4.25. The zero-order valence-corrected chi connectivity index (χ0v) is 18.5. The van der Waals surface area contributed by atoms with Crippen LogP contribution in [0.4, 0.5) is 10.1 Å². The molecule has 2 aromatic carbocycles. The van der Waals surface area contributed by atoms with Crippen molar-refractivity contribution in [3.05, 3.63) is 58.5 Å². The number of aromatic nitrogens is 1. The van der Waals surface area contributed by atoms with Crippen LogP contribution in [0.3, 0.4) is 0 Å². The molecule has 0 bridgehead atoms. The highest BCUT2D eigenvalue weighted by molar-refractivity contribution is 6.02. The van der Waals surface area contributed by atoms with E-state index in [0.717, 1.165) is 85.2 Å². The van der Waals surface area contributed by atoms with E-state index in [0.29, 0.717) is 18.5 Å². The number of carbonyl (C=O) groups excluding carboxylic acids is 2. The van der Waals surface area contributed by atoms with Gasteiger partial charge in [0.2, 0.25) is 5.91 Å². The lowest BCUT2D eigenvalue weighted by Gasteiger charge is -2.35. The summed E-state index contributed by atoms with van der Waals surface area (Å²) >= 11 is 0. The van der Waals surface area contributed by atoms with Gasteiger partial charge in [-0.25, -0.2) is 4.39 Å². The van der Waals surface area contributed by atoms with Crippen molar-refractivity contribution in [1.82, 2.24) is 10.1 Å². The second-order valence-corrected chi connectivity index (χ2v) is 9.47. The van der Waals surface area contributed by atoms with Crippen molar-refractivity contribution in [3.8, 4) is 0 Å². The van der Waals surface area contributed by atoms with E-state index in [1.165, 1.54) is 12.1 Å². The van der Waals surface area contributed by atoms with Crippen LogP contribution in [0.5, 0.6) is 0 Å². The van der Waals surface area contributed by atoms with Gasteiger partial charge in [-0.15, -0.1) is 0 Å². The Morgan fingerprint density at radius 1 is 1.06 bits per heavy atom. The fourth-order valence-electron chi connectivity index (χ4n) is 5.70. The zero-order valence-electron chi connectivity index (χ0n) is 18.5. The molecule has 6 nitrogen and oxygen atoms in total. The van der Waals surface area contributed by atoms with Gasteiger partial charge in [0, 0.05) is 35.9 Å². The van der Waals surface area contributed by atoms with E-state index in [1.54, 1.807) is 6.07 Å². The Morgan fingerprint density at radius 2 is 1.85 bits per heavy atom. The minimum atomic E-state index is -0.325. The lowest BCUT2D eigenvalue weighted by molar-refractivity contribution is -0.119. The molecule has 3 aliphatic rings. The van der Waals surface area contributed by atoms with E-state index in [1.807, 2.05) is 17.0 Å². The van der Waals surface area contributed by atoms with Gasteiger partial charge in [0.15, 0.2) is 11.4 Å². The van der Waals surface area contributed by atoms with E-state index in [2.05, 4.69) is 10.1 Å². The SMILES string of the molecule is O=C(CN1CCC(c2noc3cc(F)ccc23)CC1)c1cc2c3c(c1)CCC(=O)N3CCC2. The van der Waals surface area contributed by atoms with Gasteiger partial charge in [0.25, 0.3) is 0 Å². The molecule has 0 N–H and O–H groups in total. The molecule has 33 heavy (non-hydrogen) atoms. The van der Waals surface area contributed by atoms with Gasteiger partial charge in [-0.3, -0.25) is 14.5 Å². The van der Waals surface area contributed by atoms with E-state index < -0.39 is 0 Å². The molecule has 1 amide bonds. The van der Waals surface area contributed by atoms with Gasteiger partial charge in [-0.2, -0.15) is 0 Å². The minimum Gasteiger partial charge on any atom is -0.356 e. The van der Waals surface area contributed by atoms with E-state index in [9.17, 15) is 14.0 Å². The topological polar surface area (TPSA) is 66.7 Å². The Kier molecular flexibility index (Phi) is 5.02. The summed E-state index contributed by atoms with van der Waals surface area (Å²) in [5, 5.41) is 5.09. The van der Waals surface area contributed by atoms with Crippen molar-refractivity contribution in [3.63, 3.8) is 0 Å². The van der Waals surface area contributed by atoms with Crippen LogP contribution < -0.4 is 4.90 Å². The van der Waals surface area contributed by atoms with E-state index in [4.69, 9.17) is 4.52 Å². The molecular weight excluding hydrogens is 421 g/mol. The summed E-state index contributed by atoms with van der Waals surface area (Å²) < 4.78 is 18.8. The Labute approximate surface area is 191 Å². The van der Waals surface area contributed by atoms with Crippen LogP contribution in [0, 0.1) is 5.82 Å². The Bertz CT molecular complexity index is 1240. The number of hydrogen-bond donors (Lipinski definition) is 0. The van der Waals surface area contributed by atoms with Crippen LogP contribution in [0.2, 0.25) is 0 Å². The van der Waals surface area contributed by atoms with Crippen molar-refractivity contribution >= 4 is 28.3 Å². The third kappa shape index (κ3) is 3.64. The number of likely N-dealkylation sites (tertiary alicyclic amines) is 1. The molecule has 3 aromatic rings. The molecule has 3 aliphatic heterocycles. The molecule has 0 radical (unpaired) electrons. The number of Topliss-reactive ketones (excluding diaryl/α,β-unsaturated/α-hetero) is 1. The second kappa shape index (κ2) is 8.06. The van der Waals surface area contributed by atoms with E-state index in [-0.39, 0.29) is 23.4 Å². The number of anilines is 1. The normalized spacial score (nSPS) is 19.2. The molecule has 0 aliphatic carbocycles. The Morgan fingerprint density at radius 3 is 2.67 bits per heavy atom. The number of benzene rings is 2. The molecule has 1 fully saturated rings. The molecular formula is C26H26FN3O3. The van der Waals surface area contributed by atoms with Gasteiger partial charge >= 0.3 is 0 Å². The predicted molar refractivity (Wildman–Crippen MR) is 122 cm³/mol. The first kappa shape index (κ1) is 20.5. The van der Waals surface area contributed by atoms with Crippen LogP contribution in [-0.4, -0.2) is 47.9 Å². The maximum Gasteiger partial charge on any atom is 0.227 e. The first-order valence-electron chi connectivity index (χ1n) is 11.8. The minimum absolute atomic E-state index is 0.142. The van der Waals surface area contributed by atoms with Crippen LogP contribution in [0.1, 0.15) is 58.8 Å². The fourth-order valence-corrected chi connectivity index (χ4v) is 5.70. The number of hydrogen-bond acceptors (Lipinski definition) is 5. The monoisotopic (exact) mass is 447 g/mol. The number of piperidine rings is 1. The second-order valence-electron chi connectivity index (χ2n) is 9.47. The van der Waals surface area contributed by atoms with Crippen molar-refractivity contribution < 1.29 is 18.5 Å². The van der Waals surface area contributed by atoms with Crippen molar-refractivity contribution in [2.75, 3.05) is 31.1 Å². The Hall–Kier alpha value is -3.06. The lowest BCUT2D eigenvalue weighted by atomic mass is 9.88. The third-order valence-electron chi connectivity index (χ3n) is 7.40. The lowest BCUT2D eigenvalue weighted by Crippen LogP contribution is -2.39. The highest BCUT2D eigenvalue weighted by Gasteiger charge is 2.31. The van der Waals surface area contributed by atoms with Crippen molar-refractivity contribution in [2.45, 2.75) is 44.4 Å². The van der Waals surface area contributed by atoms with Gasteiger partial charge in [0.05, 0.1) is 17.9 Å². The molecule has 0 unspecified atom stereocenters. The van der Waals surface area contributed by atoms with Gasteiger partial charge < -0.3 is 9.42 Å². The van der Waals surface area contributed by atoms with Crippen LogP contribution >= 0.6 is 0 Å². The Balaban J connectivity index is 1.14. The summed E-state index contributed by atoms with van der Waals surface area (Å²) in [7, 11) is 0. The number of aryl methyl sites for hydroxylation is 2. The maximum atomic E-state index is 13.4. The molecule has 0 atom stereocenters. The summed E-state index contributed by atoms with van der Waals surface area (Å²) in [5.74, 6) is 0.272. The van der Waals surface area contributed by atoms with Crippen LogP contribution in [0.25, 0.3) is 11.0 Å². The average Bonchev–Trinajstić information content (AvgIpc) is 3.24. The maximum absolute atomic E-state index is 13.4. The quantitative estimate of drug-likeness (QED) is 0.560. The number of halogens is 1. The van der Waals surface area contributed by atoms with Gasteiger partial charge in [-0.05, 0) is 80.6 Å². The molecule has 170 valence electrons. The highest BCUT2D eigenvalue weighted by Crippen LogP contribution is 2.37. The molecule has 1 saturated heterocycles. The van der Waals surface area contributed by atoms with Crippen molar-refractivity contribution in [1.29, 1.82) is 0 Å². The number of carbonyl (C=O) groups is 2. The average molecular weight is 448 g/mol. The largest absolute Gasteiger partial charge is 0.356 e. The van der Waals surface area contributed by atoms with E-state index >= 15 is 0 Å². The molecule has 0 saturated carbocycles. The first-order chi connectivity index (χ1) is 16.1. The molecule has 4 heterocycles. The molecule has 1 aromatic heterocycles. The van der Waals surface area contributed by atoms with Crippen LogP contribution in [0.15, 0.2) is 34.9 Å². The summed E-state index contributed by atoms with van der Waals surface area (Å²) in [6.07, 6.45) is 4.90. The smallest absolute Gasteiger partial charge is 0.227 e. The standard InChI is InChI=1S/C26H26FN3O3/c27-20-4-5-21-23(14-20)33-28-25(21)16-7-10-29(11-8-16)15-22(31)19-12-17-2-1-9-30-24(32)6-3-18(13-19)26(17)30/h4-5,12-14,16H,1-3,6-11,15H2. The van der Waals surface area contributed by atoms with Gasteiger partial charge in [-0.1, -0.05) is 5.16 Å². The summed E-state index contributed by atoms with van der Waals surface area (Å²) in [6, 6.07) is 8.58.